The van der Waals surface area contributed by atoms with E-state index in [9.17, 15) is 9.59 Å². The fraction of sp³-hybridized carbons (Fsp3) is 0.545. The van der Waals surface area contributed by atoms with Gasteiger partial charge in [0.05, 0.1) is 18.2 Å². The van der Waals surface area contributed by atoms with Gasteiger partial charge in [-0.15, -0.1) is 0 Å². The zero-order valence-electron chi connectivity index (χ0n) is 8.77. The minimum Gasteiger partial charge on any atom is -0.299 e. The van der Waals surface area contributed by atoms with Gasteiger partial charge in [0.25, 0.3) is 0 Å². The van der Waals surface area contributed by atoms with Gasteiger partial charge < -0.3 is 0 Å². The summed E-state index contributed by atoms with van der Waals surface area (Å²) in [7, 11) is 0. The van der Waals surface area contributed by atoms with Crippen LogP contribution in [0.1, 0.15) is 36.5 Å². The molecule has 0 N–H and O–H groups in total. The van der Waals surface area contributed by atoms with Gasteiger partial charge in [-0.1, -0.05) is 0 Å². The van der Waals surface area contributed by atoms with Gasteiger partial charge in [0.1, 0.15) is 5.78 Å². The molecule has 0 spiro atoms. The van der Waals surface area contributed by atoms with Crippen LogP contribution >= 0.6 is 0 Å². The van der Waals surface area contributed by atoms with Crippen LogP contribution in [-0.2, 0) is 11.3 Å². The summed E-state index contributed by atoms with van der Waals surface area (Å²) < 4.78 is 1.69. The third-order valence-corrected chi connectivity index (χ3v) is 2.65. The van der Waals surface area contributed by atoms with Gasteiger partial charge in [-0.3, -0.25) is 14.3 Å². The van der Waals surface area contributed by atoms with E-state index < -0.39 is 0 Å². The topological polar surface area (TPSA) is 52.0 Å². The molecule has 1 aliphatic carbocycles. The zero-order valence-corrected chi connectivity index (χ0v) is 8.77. The molecular formula is C11H14N2O2. The Morgan fingerprint density at radius 3 is 2.80 bits per heavy atom. The highest BCUT2D eigenvalue weighted by molar-refractivity contribution is 6.08. The van der Waals surface area contributed by atoms with Crippen molar-refractivity contribution in [3.05, 3.63) is 18.0 Å². The first-order valence-electron chi connectivity index (χ1n) is 5.29. The Morgan fingerprint density at radius 1 is 1.53 bits per heavy atom. The van der Waals surface area contributed by atoms with Crippen molar-refractivity contribution in [2.24, 2.45) is 5.92 Å². The molecule has 0 unspecified atom stereocenters. The number of carbonyl (C=O) groups is 2. The first-order valence-corrected chi connectivity index (χ1v) is 5.29. The van der Waals surface area contributed by atoms with Crippen LogP contribution in [0.5, 0.6) is 0 Å². The van der Waals surface area contributed by atoms with Crippen molar-refractivity contribution in [2.45, 2.75) is 32.7 Å². The fourth-order valence-corrected chi connectivity index (χ4v) is 1.49. The first kappa shape index (κ1) is 10.1. The summed E-state index contributed by atoms with van der Waals surface area (Å²) in [5.74, 6) is 0.144. The molecule has 1 aromatic heterocycles. The number of rotatable bonds is 5. The van der Waals surface area contributed by atoms with Gasteiger partial charge >= 0.3 is 0 Å². The van der Waals surface area contributed by atoms with E-state index in [2.05, 4.69) is 5.10 Å². The number of aryl methyl sites for hydroxylation is 1. The third-order valence-electron chi connectivity index (χ3n) is 2.65. The summed E-state index contributed by atoms with van der Waals surface area (Å²) in [6, 6.07) is 0. The van der Waals surface area contributed by atoms with Gasteiger partial charge in [0.15, 0.2) is 5.78 Å². The molecular weight excluding hydrogens is 192 g/mol. The van der Waals surface area contributed by atoms with E-state index in [4.69, 9.17) is 0 Å². The van der Waals surface area contributed by atoms with Crippen molar-refractivity contribution in [1.29, 1.82) is 0 Å². The van der Waals surface area contributed by atoms with Crippen molar-refractivity contribution < 1.29 is 9.59 Å². The van der Waals surface area contributed by atoms with Gasteiger partial charge in [-0.05, 0) is 19.8 Å². The average Bonchev–Trinajstić information content (AvgIpc) is 2.96. The summed E-state index contributed by atoms with van der Waals surface area (Å²) in [5.41, 5.74) is 0.547. The van der Waals surface area contributed by atoms with Crippen LogP contribution in [0.4, 0.5) is 0 Å². The molecule has 1 fully saturated rings. The molecule has 0 bridgehead atoms. The molecule has 0 atom stereocenters. The lowest BCUT2D eigenvalue weighted by atomic mass is 10.1. The largest absolute Gasteiger partial charge is 0.299 e. The van der Waals surface area contributed by atoms with Crippen LogP contribution in [0.15, 0.2) is 12.4 Å². The fourth-order valence-electron chi connectivity index (χ4n) is 1.49. The van der Waals surface area contributed by atoms with E-state index in [0.29, 0.717) is 5.56 Å². The molecule has 0 aliphatic heterocycles. The smallest absolute Gasteiger partial charge is 0.173 e. The minimum atomic E-state index is -0.105. The van der Waals surface area contributed by atoms with Crippen molar-refractivity contribution in [2.75, 3.05) is 0 Å². The second-order valence-electron chi connectivity index (χ2n) is 3.93. The number of aromatic nitrogens is 2. The van der Waals surface area contributed by atoms with E-state index in [1.54, 1.807) is 10.9 Å². The summed E-state index contributed by atoms with van der Waals surface area (Å²) >= 11 is 0. The molecule has 1 aromatic rings. The second-order valence-corrected chi connectivity index (χ2v) is 3.93. The predicted molar refractivity (Wildman–Crippen MR) is 54.6 cm³/mol. The van der Waals surface area contributed by atoms with Crippen LogP contribution in [0.25, 0.3) is 0 Å². The summed E-state index contributed by atoms with van der Waals surface area (Å²) in [6.07, 6.45) is 5.19. The summed E-state index contributed by atoms with van der Waals surface area (Å²) in [6.45, 7) is 2.69. The lowest BCUT2D eigenvalue weighted by Gasteiger charge is -1.95. The van der Waals surface area contributed by atoms with Crippen molar-refractivity contribution in [3.8, 4) is 0 Å². The Labute approximate surface area is 88.3 Å². The summed E-state index contributed by atoms with van der Waals surface area (Å²) in [4.78, 5) is 23.1. The highest BCUT2D eigenvalue weighted by Crippen LogP contribution is 2.31. The molecule has 80 valence electrons. The number of nitrogens with zero attached hydrogens (tertiary/aromatic N) is 2. The Hall–Kier alpha value is -1.45. The highest BCUT2D eigenvalue weighted by Gasteiger charge is 2.30. The predicted octanol–water partition coefficient (Wildman–Crippen LogP) is 1.45. The Balaban J connectivity index is 1.97. The van der Waals surface area contributed by atoms with E-state index >= 15 is 0 Å². The standard InChI is InChI=1S/C11H14N2O2/c1-2-13-7-9(6-12-13)11(15)5-10(14)8-3-4-8/h6-8H,2-5H2,1H3. The minimum absolute atomic E-state index is 0.0417. The van der Waals surface area contributed by atoms with E-state index in [1.807, 2.05) is 6.92 Å². The number of hydrogen-bond acceptors (Lipinski definition) is 3. The number of carbonyl (C=O) groups excluding carboxylic acids is 2. The second kappa shape index (κ2) is 3.96. The number of ketones is 2. The maximum Gasteiger partial charge on any atom is 0.173 e. The zero-order chi connectivity index (χ0) is 10.8. The van der Waals surface area contributed by atoms with Crippen LogP contribution in [-0.4, -0.2) is 21.3 Å². The molecule has 1 aliphatic rings. The molecule has 1 saturated carbocycles. The highest BCUT2D eigenvalue weighted by atomic mass is 16.1. The molecule has 0 aromatic carbocycles. The van der Waals surface area contributed by atoms with Crippen LogP contribution in [0, 0.1) is 5.92 Å². The van der Waals surface area contributed by atoms with Crippen molar-refractivity contribution in [1.82, 2.24) is 9.78 Å². The molecule has 0 radical (unpaired) electrons. The van der Waals surface area contributed by atoms with Crippen molar-refractivity contribution >= 4 is 11.6 Å². The average molecular weight is 206 g/mol. The lowest BCUT2D eigenvalue weighted by Crippen LogP contribution is -2.09. The van der Waals surface area contributed by atoms with E-state index in [1.165, 1.54) is 6.20 Å². The Bertz CT molecular complexity index is 391. The molecule has 4 heteroatoms. The SMILES string of the molecule is CCn1cc(C(=O)CC(=O)C2CC2)cn1. The molecule has 15 heavy (non-hydrogen) atoms. The monoisotopic (exact) mass is 206 g/mol. The molecule has 1 heterocycles. The maximum atomic E-state index is 11.6. The maximum absolute atomic E-state index is 11.6. The van der Waals surface area contributed by atoms with E-state index in [0.717, 1.165) is 19.4 Å². The lowest BCUT2D eigenvalue weighted by molar-refractivity contribution is -0.119. The Morgan fingerprint density at radius 2 is 2.27 bits per heavy atom. The molecule has 0 saturated heterocycles. The van der Waals surface area contributed by atoms with Gasteiger partial charge in [0, 0.05) is 18.7 Å². The van der Waals surface area contributed by atoms with Crippen LogP contribution < -0.4 is 0 Å². The van der Waals surface area contributed by atoms with Crippen molar-refractivity contribution in [3.63, 3.8) is 0 Å². The van der Waals surface area contributed by atoms with Crippen LogP contribution in [0.3, 0.4) is 0 Å². The molecule has 4 nitrogen and oxygen atoms in total. The van der Waals surface area contributed by atoms with Crippen LogP contribution in [0.2, 0.25) is 0 Å². The normalized spacial score (nSPS) is 15.3. The molecule has 0 amide bonds. The van der Waals surface area contributed by atoms with E-state index in [-0.39, 0.29) is 23.9 Å². The quantitative estimate of drug-likeness (QED) is 0.541. The summed E-state index contributed by atoms with van der Waals surface area (Å²) in [5, 5.41) is 4.01. The molecule has 2 rings (SSSR count). The Kier molecular flexibility index (Phi) is 2.66. The number of hydrogen-bond donors (Lipinski definition) is 0. The van der Waals surface area contributed by atoms with Gasteiger partial charge in [-0.2, -0.15) is 5.10 Å². The third kappa shape index (κ3) is 2.32. The van der Waals surface area contributed by atoms with Gasteiger partial charge in [0.2, 0.25) is 0 Å². The van der Waals surface area contributed by atoms with Gasteiger partial charge in [-0.25, -0.2) is 0 Å². The number of Topliss-reactive ketones (excluding diaryl/α,β-unsaturated/α-hetero) is 2. The first-order chi connectivity index (χ1) is 7.20.